The number of nitrogens with two attached hydrogens (primary N) is 1. The van der Waals surface area contributed by atoms with Gasteiger partial charge in [-0.3, -0.25) is 14.3 Å². The summed E-state index contributed by atoms with van der Waals surface area (Å²) in [6.45, 7) is 3.53. The molecule has 0 saturated carbocycles. The number of carbonyl (C=O) groups is 2. The number of hydrogen-bond donors (Lipinski definition) is 1. The van der Waals surface area contributed by atoms with E-state index in [1.54, 1.807) is 29.2 Å². The number of hydrogen-bond acceptors (Lipinski definition) is 5. The first-order valence-corrected chi connectivity index (χ1v) is 14.6. The molecule has 41 heavy (non-hydrogen) atoms. The molecule has 2 heterocycles. The van der Waals surface area contributed by atoms with Crippen molar-refractivity contribution in [1.82, 2.24) is 24.6 Å². The van der Waals surface area contributed by atoms with Crippen LogP contribution in [0.1, 0.15) is 30.9 Å². The Morgan fingerprint density at radius 1 is 1.02 bits per heavy atom. The number of piperazine rings is 1. The second-order valence-corrected chi connectivity index (χ2v) is 11.6. The summed E-state index contributed by atoms with van der Waals surface area (Å²) in [4.78, 5) is 35.1. The lowest BCUT2D eigenvalue weighted by atomic mass is 9.98. The lowest BCUT2D eigenvalue weighted by Gasteiger charge is -2.46. The number of fused-ring (bicyclic) bond motifs is 1. The molecular formula is C31H34Cl2N6O2. The normalized spacial score (nSPS) is 18.0. The molecule has 0 spiro atoms. The molecule has 10 heteroatoms. The Kier molecular flexibility index (Phi) is 9.22. The Bertz CT molecular complexity index is 1510. The summed E-state index contributed by atoms with van der Waals surface area (Å²) in [7, 11) is 0. The molecule has 3 atom stereocenters. The Balaban J connectivity index is 1.30. The van der Waals surface area contributed by atoms with Crippen molar-refractivity contribution in [1.29, 1.82) is 0 Å². The fraction of sp³-hybridized carbons (Fsp3) is 0.355. The zero-order chi connectivity index (χ0) is 28.9. The maximum Gasteiger partial charge on any atom is 0.240 e. The van der Waals surface area contributed by atoms with Crippen LogP contribution in [0.4, 0.5) is 0 Å². The standard InChI is InChI=1S/C31H34Cl2N6O2/c1-21-17-39(31(41)29(34)15-25-10-11-26(32)16-28(25)33)27(7-4-12-37-20-35-19-36-37)18-38(21)30(40)14-22-8-9-23-5-2-3-6-24(23)13-22/h2-3,5-6,8-11,13,16,19-21,27,29H,4,7,12,14-15,17-18,34H2,1H3/t21-,27+,29?/m1/s1. The second-order valence-electron chi connectivity index (χ2n) is 10.7. The van der Waals surface area contributed by atoms with Crippen molar-refractivity contribution in [2.75, 3.05) is 13.1 Å². The molecule has 1 aliphatic heterocycles. The predicted octanol–water partition coefficient (Wildman–Crippen LogP) is 4.76. The second kappa shape index (κ2) is 13.0. The highest BCUT2D eigenvalue weighted by Crippen LogP contribution is 2.25. The van der Waals surface area contributed by atoms with Crippen LogP contribution in [-0.2, 0) is 29.0 Å². The number of aryl methyl sites for hydroxylation is 1. The van der Waals surface area contributed by atoms with E-state index >= 15 is 0 Å². The van der Waals surface area contributed by atoms with Gasteiger partial charge in [-0.05, 0) is 60.2 Å². The van der Waals surface area contributed by atoms with Gasteiger partial charge in [0.1, 0.15) is 12.7 Å². The van der Waals surface area contributed by atoms with Gasteiger partial charge in [0.05, 0.1) is 12.5 Å². The van der Waals surface area contributed by atoms with Crippen LogP contribution in [0.2, 0.25) is 10.0 Å². The molecule has 1 saturated heterocycles. The van der Waals surface area contributed by atoms with Crippen molar-refractivity contribution in [3.8, 4) is 0 Å². The van der Waals surface area contributed by atoms with Gasteiger partial charge in [0.2, 0.25) is 11.8 Å². The maximum atomic E-state index is 13.7. The molecule has 1 aliphatic rings. The summed E-state index contributed by atoms with van der Waals surface area (Å²) in [6.07, 6.45) is 5.27. The van der Waals surface area contributed by atoms with Crippen molar-refractivity contribution in [2.24, 2.45) is 5.73 Å². The quantitative estimate of drug-likeness (QED) is 0.302. The number of aromatic nitrogens is 3. The van der Waals surface area contributed by atoms with Gasteiger partial charge in [0, 0.05) is 41.8 Å². The van der Waals surface area contributed by atoms with Gasteiger partial charge in [-0.1, -0.05) is 71.7 Å². The Morgan fingerprint density at radius 2 is 1.83 bits per heavy atom. The number of rotatable bonds is 9. The number of carbonyl (C=O) groups excluding carboxylic acids is 2. The molecule has 2 amide bonds. The van der Waals surface area contributed by atoms with Gasteiger partial charge in [-0.15, -0.1) is 0 Å². The summed E-state index contributed by atoms with van der Waals surface area (Å²) in [6, 6.07) is 18.4. The summed E-state index contributed by atoms with van der Waals surface area (Å²) >= 11 is 12.4. The van der Waals surface area contributed by atoms with Crippen LogP contribution in [-0.4, -0.2) is 67.6 Å². The molecule has 1 aromatic heterocycles. The first kappa shape index (κ1) is 29.0. The fourth-order valence-corrected chi connectivity index (χ4v) is 6.07. The van der Waals surface area contributed by atoms with Crippen LogP contribution in [0, 0.1) is 0 Å². The molecule has 5 rings (SSSR count). The summed E-state index contributed by atoms with van der Waals surface area (Å²) < 4.78 is 1.77. The van der Waals surface area contributed by atoms with E-state index in [1.807, 2.05) is 34.9 Å². The maximum absolute atomic E-state index is 13.7. The van der Waals surface area contributed by atoms with Crippen LogP contribution >= 0.6 is 23.2 Å². The van der Waals surface area contributed by atoms with E-state index in [9.17, 15) is 9.59 Å². The smallest absolute Gasteiger partial charge is 0.240 e. The van der Waals surface area contributed by atoms with Gasteiger partial charge < -0.3 is 15.5 Å². The van der Waals surface area contributed by atoms with E-state index < -0.39 is 6.04 Å². The Hall–Kier alpha value is -3.46. The third-order valence-corrected chi connectivity index (χ3v) is 8.36. The average molecular weight is 594 g/mol. The van der Waals surface area contributed by atoms with Crippen molar-refractivity contribution < 1.29 is 9.59 Å². The number of benzene rings is 3. The molecule has 8 nitrogen and oxygen atoms in total. The largest absolute Gasteiger partial charge is 0.336 e. The number of halogens is 2. The topological polar surface area (TPSA) is 97.3 Å². The Labute approximate surface area is 250 Å². The van der Waals surface area contributed by atoms with Crippen molar-refractivity contribution in [3.63, 3.8) is 0 Å². The molecule has 1 unspecified atom stereocenters. The molecule has 3 aromatic carbocycles. The van der Waals surface area contributed by atoms with Gasteiger partial charge in [0.15, 0.2) is 0 Å². The molecular weight excluding hydrogens is 559 g/mol. The minimum atomic E-state index is -0.765. The highest BCUT2D eigenvalue weighted by Gasteiger charge is 2.38. The third kappa shape index (κ3) is 7.07. The van der Waals surface area contributed by atoms with Crippen molar-refractivity contribution >= 4 is 45.8 Å². The predicted molar refractivity (Wildman–Crippen MR) is 162 cm³/mol. The Morgan fingerprint density at radius 3 is 2.59 bits per heavy atom. The van der Waals surface area contributed by atoms with Crippen LogP contribution in [0.5, 0.6) is 0 Å². The van der Waals surface area contributed by atoms with Crippen molar-refractivity contribution in [2.45, 2.75) is 57.3 Å². The molecule has 0 aliphatic carbocycles. The average Bonchev–Trinajstić information content (AvgIpc) is 3.48. The summed E-state index contributed by atoms with van der Waals surface area (Å²) in [5.74, 6) is -0.0892. The first-order chi connectivity index (χ1) is 19.8. The van der Waals surface area contributed by atoms with Gasteiger partial charge in [-0.25, -0.2) is 4.98 Å². The monoisotopic (exact) mass is 592 g/mol. The summed E-state index contributed by atoms with van der Waals surface area (Å²) in [5, 5.41) is 7.46. The number of nitrogens with zero attached hydrogens (tertiary/aromatic N) is 5. The zero-order valence-corrected chi connectivity index (χ0v) is 24.5. The number of amides is 2. The molecule has 0 bridgehead atoms. The van der Waals surface area contributed by atoms with E-state index in [4.69, 9.17) is 28.9 Å². The van der Waals surface area contributed by atoms with Crippen LogP contribution in [0.25, 0.3) is 10.8 Å². The van der Waals surface area contributed by atoms with E-state index in [1.165, 1.54) is 6.33 Å². The van der Waals surface area contributed by atoms with Crippen molar-refractivity contribution in [3.05, 3.63) is 94.5 Å². The van der Waals surface area contributed by atoms with Gasteiger partial charge >= 0.3 is 0 Å². The van der Waals surface area contributed by atoms with Crippen LogP contribution in [0.3, 0.4) is 0 Å². The van der Waals surface area contributed by atoms with E-state index in [0.29, 0.717) is 48.9 Å². The van der Waals surface area contributed by atoms with E-state index in [2.05, 4.69) is 34.3 Å². The third-order valence-electron chi connectivity index (χ3n) is 7.78. The lowest BCUT2D eigenvalue weighted by molar-refractivity contribution is -0.147. The molecule has 0 radical (unpaired) electrons. The minimum Gasteiger partial charge on any atom is -0.336 e. The molecule has 1 fully saturated rings. The van der Waals surface area contributed by atoms with E-state index in [-0.39, 0.29) is 23.9 Å². The first-order valence-electron chi connectivity index (χ1n) is 13.9. The van der Waals surface area contributed by atoms with Crippen LogP contribution in [0.15, 0.2) is 73.3 Å². The SMILES string of the molecule is C[C@@H]1CN(C(=O)C(N)Cc2ccc(Cl)cc2Cl)[C@@H](CCCn2cncn2)CN1C(=O)Cc1ccc2ccccc2c1. The zero-order valence-electron chi connectivity index (χ0n) is 23.0. The van der Waals surface area contributed by atoms with Gasteiger partial charge in [0.25, 0.3) is 0 Å². The highest BCUT2D eigenvalue weighted by molar-refractivity contribution is 6.35. The molecule has 4 aromatic rings. The highest BCUT2D eigenvalue weighted by atomic mass is 35.5. The summed E-state index contributed by atoms with van der Waals surface area (Å²) in [5.41, 5.74) is 8.21. The minimum absolute atomic E-state index is 0.0541. The van der Waals surface area contributed by atoms with Crippen LogP contribution < -0.4 is 5.73 Å². The molecule has 2 N–H and O–H groups in total. The lowest BCUT2D eigenvalue weighted by Crippen LogP contribution is -2.63. The van der Waals surface area contributed by atoms with Gasteiger partial charge in [-0.2, -0.15) is 5.10 Å². The molecule has 214 valence electrons. The fourth-order valence-electron chi connectivity index (χ4n) is 5.59. The van der Waals surface area contributed by atoms with E-state index in [0.717, 1.165) is 28.3 Å².